The molecule has 0 amide bonds. The quantitative estimate of drug-likeness (QED) is 0.312. The van der Waals surface area contributed by atoms with Gasteiger partial charge in [0.25, 0.3) is 0 Å². The van der Waals surface area contributed by atoms with Crippen molar-refractivity contribution < 1.29 is 0 Å². The summed E-state index contributed by atoms with van der Waals surface area (Å²) < 4.78 is 0. The van der Waals surface area contributed by atoms with E-state index in [1.807, 2.05) is 55.4 Å². The standard InChI is InChI=1S/C8H17N.2C7H16N2.C7H15NS.4C2H6.CH4/c1-8(2)9-6-4-3-5-7-9;2*1-7(2)9-5-3-8-4-6-9;1-7(2)8-3-5-9-6-4-8;4*1-2;/h8H,3-7H2,1-2H3;2*7-8H,3-6H2,1-2H3;7H,3-6H2,1-2H3;4*1-2H3;1H4. The molecule has 45 heavy (non-hydrogen) atoms. The third-order valence-corrected chi connectivity index (χ3v) is 8.60. The van der Waals surface area contributed by atoms with Gasteiger partial charge in [0.2, 0.25) is 0 Å². The molecule has 4 aliphatic rings. The lowest BCUT2D eigenvalue weighted by atomic mass is 10.1. The second-order valence-corrected chi connectivity index (χ2v) is 12.9. The van der Waals surface area contributed by atoms with Crippen LogP contribution in [0.1, 0.15) is 137 Å². The van der Waals surface area contributed by atoms with Crippen LogP contribution < -0.4 is 10.6 Å². The first-order valence-electron chi connectivity index (χ1n) is 19.2. The molecule has 6 nitrogen and oxygen atoms in total. The van der Waals surface area contributed by atoms with E-state index in [4.69, 9.17) is 0 Å². The van der Waals surface area contributed by atoms with Gasteiger partial charge in [0.15, 0.2) is 0 Å². The maximum absolute atomic E-state index is 3.33. The highest BCUT2D eigenvalue weighted by atomic mass is 32.2. The maximum atomic E-state index is 3.33. The minimum atomic E-state index is 0. The Morgan fingerprint density at radius 2 is 0.622 bits per heavy atom. The molecule has 0 aliphatic carbocycles. The number of piperidine rings is 1. The summed E-state index contributed by atoms with van der Waals surface area (Å²) in [7, 11) is 0. The van der Waals surface area contributed by atoms with E-state index in [-0.39, 0.29) is 7.43 Å². The molecule has 7 heteroatoms. The van der Waals surface area contributed by atoms with E-state index in [2.05, 4.69) is 97.4 Å². The van der Waals surface area contributed by atoms with Gasteiger partial charge >= 0.3 is 0 Å². The van der Waals surface area contributed by atoms with Crippen molar-refractivity contribution in [2.24, 2.45) is 0 Å². The molecule has 2 N–H and O–H groups in total. The van der Waals surface area contributed by atoms with Gasteiger partial charge in [-0.2, -0.15) is 11.8 Å². The largest absolute Gasteiger partial charge is 0.314 e. The van der Waals surface area contributed by atoms with Gasteiger partial charge in [-0.25, -0.2) is 0 Å². The molecule has 0 aromatic carbocycles. The molecule has 0 aromatic heterocycles. The second kappa shape index (κ2) is 42.1. The molecule has 0 spiro atoms. The highest BCUT2D eigenvalue weighted by molar-refractivity contribution is 7.99. The summed E-state index contributed by atoms with van der Waals surface area (Å²) in [4.78, 5) is 10.1. The average molecular weight is 665 g/mol. The number of hydrogen-bond acceptors (Lipinski definition) is 7. The molecular formula is C38H92N6S. The Kier molecular flexibility index (Phi) is 51.1. The zero-order valence-electron chi connectivity index (χ0n) is 33.5. The fraction of sp³-hybridized carbons (Fsp3) is 1.00. The normalized spacial score (nSPS) is 18.9. The number of likely N-dealkylation sites (tertiary alicyclic amines) is 1. The van der Waals surface area contributed by atoms with Gasteiger partial charge in [-0.05, 0) is 81.3 Å². The minimum absolute atomic E-state index is 0. The van der Waals surface area contributed by atoms with Crippen LogP contribution in [0.25, 0.3) is 0 Å². The van der Waals surface area contributed by atoms with E-state index in [0.29, 0.717) is 0 Å². The van der Waals surface area contributed by atoms with E-state index in [1.165, 1.54) is 83.1 Å². The summed E-state index contributed by atoms with van der Waals surface area (Å²) in [6.07, 6.45) is 4.28. The van der Waals surface area contributed by atoms with Crippen LogP contribution in [0.5, 0.6) is 0 Å². The van der Waals surface area contributed by atoms with Crippen LogP contribution in [0, 0.1) is 0 Å². The Morgan fingerprint density at radius 1 is 0.378 bits per heavy atom. The number of piperazine rings is 2. The molecule has 4 aliphatic heterocycles. The lowest BCUT2D eigenvalue weighted by Crippen LogP contribution is -2.46. The van der Waals surface area contributed by atoms with Crippen molar-refractivity contribution in [1.29, 1.82) is 0 Å². The third kappa shape index (κ3) is 33.8. The van der Waals surface area contributed by atoms with Gasteiger partial charge in [0, 0.05) is 101 Å². The average Bonchev–Trinajstić information content (AvgIpc) is 3.11. The minimum Gasteiger partial charge on any atom is -0.314 e. The zero-order valence-corrected chi connectivity index (χ0v) is 34.3. The zero-order chi connectivity index (χ0) is 34.8. The Morgan fingerprint density at radius 3 is 0.822 bits per heavy atom. The van der Waals surface area contributed by atoms with Crippen LogP contribution in [0.2, 0.25) is 0 Å². The summed E-state index contributed by atoms with van der Waals surface area (Å²) in [6.45, 7) is 48.9. The van der Waals surface area contributed by atoms with E-state index >= 15 is 0 Å². The van der Waals surface area contributed by atoms with Crippen LogP contribution in [0.4, 0.5) is 0 Å². The summed E-state index contributed by atoms with van der Waals surface area (Å²) in [5, 5.41) is 6.66. The first kappa shape index (κ1) is 54.6. The van der Waals surface area contributed by atoms with Crippen LogP contribution in [0.15, 0.2) is 0 Å². The predicted molar refractivity (Wildman–Crippen MR) is 216 cm³/mol. The first-order valence-corrected chi connectivity index (χ1v) is 20.3. The highest BCUT2D eigenvalue weighted by Crippen LogP contribution is 2.11. The van der Waals surface area contributed by atoms with E-state index in [9.17, 15) is 0 Å². The van der Waals surface area contributed by atoms with Crippen LogP contribution >= 0.6 is 11.8 Å². The van der Waals surface area contributed by atoms with Crippen molar-refractivity contribution in [2.75, 3.05) is 90.0 Å². The molecule has 4 fully saturated rings. The summed E-state index contributed by atoms with van der Waals surface area (Å²) in [6, 6.07) is 2.98. The molecule has 4 heterocycles. The second-order valence-electron chi connectivity index (χ2n) is 11.7. The van der Waals surface area contributed by atoms with E-state index < -0.39 is 0 Å². The molecule has 0 atom stereocenters. The molecule has 0 aromatic rings. The molecule has 0 unspecified atom stereocenters. The van der Waals surface area contributed by atoms with Crippen molar-refractivity contribution in [3.05, 3.63) is 0 Å². The first-order chi connectivity index (χ1) is 21.2. The van der Waals surface area contributed by atoms with Gasteiger partial charge < -0.3 is 15.5 Å². The van der Waals surface area contributed by atoms with Crippen LogP contribution in [-0.2, 0) is 0 Å². The van der Waals surface area contributed by atoms with Gasteiger partial charge in [-0.15, -0.1) is 0 Å². The molecule has 0 bridgehead atoms. The fourth-order valence-electron chi connectivity index (χ4n) is 4.93. The smallest absolute Gasteiger partial charge is 0.0110 e. The maximum Gasteiger partial charge on any atom is 0.0110 e. The Labute approximate surface area is 293 Å². The molecule has 4 saturated heterocycles. The SMILES string of the molecule is C.CC.CC.CC.CC.CC(C)N1CCCCC1.CC(C)N1CCNCC1.CC(C)N1CCNCC1.CC(C)N1CCSCC1. The van der Waals surface area contributed by atoms with Gasteiger partial charge in [-0.1, -0.05) is 69.2 Å². The van der Waals surface area contributed by atoms with Crippen molar-refractivity contribution in [3.63, 3.8) is 0 Å². The Hall–Kier alpha value is 0.110. The van der Waals surface area contributed by atoms with E-state index in [1.54, 1.807) is 0 Å². The lowest BCUT2D eigenvalue weighted by Gasteiger charge is -2.30. The van der Waals surface area contributed by atoms with E-state index in [0.717, 1.165) is 50.3 Å². The molecule has 280 valence electrons. The van der Waals surface area contributed by atoms with Gasteiger partial charge in [0.05, 0.1) is 0 Å². The summed E-state index contributed by atoms with van der Waals surface area (Å²) in [5.74, 6) is 2.66. The number of rotatable bonds is 4. The summed E-state index contributed by atoms with van der Waals surface area (Å²) >= 11 is 2.07. The Bertz CT molecular complexity index is 393. The topological polar surface area (TPSA) is 37.0 Å². The molecule has 0 saturated carbocycles. The van der Waals surface area contributed by atoms with Crippen LogP contribution in [-0.4, -0.2) is 134 Å². The van der Waals surface area contributed by atoms with Crippen molar-refractivity contribution in [2.45, 2.75) is 162 Å². The predicted octanol–water partition coefficient (Wildman–Crippen LogP) is 8.67. The fourth-order valence-corrected chi connectivity index (χ4v) is 5.86. The van der Waals surface area contributed by atoms with Crippen molar-refractivity contribution in [1.82, 2.24) is 30.2 Å². The third-order valence-electron chi connectivity index (χ3n) is 7.66. The van der Waals surface area contributed by atoms with Gasteiger partial charge in [0.1, 0.15) is 0 Å². The van der Waals surface area contributed by atoms with Crippen molar-refractivity contribution >= 4 is 11.8 Å². The number of thioether (sulfide) groups is 1. The van der Waals surface area contributed by atoms with Crippen molar-refractivity contribution in [3.8, 4) is 0 Å². The lowest BCUT2D eigenvalue weighted by molar-refractivity contribution is 0.185. The van der Waals surface area contributed by atoms with Crippen LogP contribution in [0.3, 0.4) is 0 Å². The Balaban J connectivity index is -0.000000146. The summed E-state index contributed by atoms with van der Waals surface area (Å²) in [5.41, 5.74) is 0. The molecule has 4 rings (SSSR count). The molecular weight excluding hydrogens is 573 g/mol. The van der Waals surface area contributed by atoms with Gasteiger partial charge in [-0.3, -0.25) is 14.7 Å². The monoisotopic (exact) mass is 665 g/mol. The number of nitrogens with one attached hydrogen (secondary N) is 2. The number of hydrogen-bond donors (Lipinski definition) is 2. The highest BCUT2D eigenvalue weighted by Gasteiger charge is 2.13. The number of nitrogens with zero attached hydrogens (tertiary/aromatic N) is 4. The molecule has 0 radical (unpaired) electrons.